The van der Waals surface area contributed by atoms with Crippen molar-refractivity contribution >= 4 is 43.5 Å². The van der Waals surface area contributed by atoms with Gasteiger partial charge in [-0.05, 0) is 80.6 Å². The van der Waals surface area contributed by atoms with Crippen LogP contribution >= 0.6 is 0 Å². The number of hydrogen-bond acceptors (Lipinski definition) is 2. The third-order valence-corrected chi connectivity index (χ3v) is 7.87. The van der Waals surface area contributed by atoms with E-state index in [1.165, 1.54) is 49.5 Å². The van der Waals surface area contributed by atoms with Crippen molar-refractivity contribution in [3.05, 3.63) is 146 Å². The van der Waals surface area contributed by atoms with Gasteiger partial charge in [0.1, 0.15) is 0 Å². The van der Waals surface area contributed by atoms with E-state index in [9.17, 15) is 0 Å². The zero-order chi connectivity index (χ0) is 26.5. The van der Waals surface area contributed by atoms with Gasteiger partial charge in [-0.25, -0.2) is 4.98 Å². The van der Waals surface area contributed by atoms with Gasteiger partial charge in [-0.3, -0.25) is 4.98 Å². The van der Waals surface area contributed by atoms with E-state index < -0.39 is 0 Å². The lowest BCUT2D eigenvalue weighted by atomic mass is 9.93. The molecule has 0 fully saturated rings. The highest BCUT2D eigenvalue weighted by Gasteiger charge is 2.12. The Morgan fingerprint density at radius 1 is 0.350 bits per heavy atom. The molecule has 0 aliphatic rings. The Balaban J connectivity index is 1.27. The highest BCUT2D eigenvalue weighted by Crippen LogP contribution is 2.37. The Morgan fingerprint density at radius 2 is 1.02 bits per heavy atom. The van der Waals surface area contributed by atoms with Crippen molar-refractivity contribution in [3.8, 4) is 33.4 Å². The second-order valence-electron chi connectivity index (χ2n) is 10.3. The minimum atomic E-state index is 1.01. The van der Waals surface area contributed by atoms with Gasteiger partial charge in [0.2, 0.25) is 0 Å². The van der Waals surface area contributed by atoms with E-state index in [2.05, 4.69) is 138 Å². The molecule has 2 aromatic heterocycles. The molecule has 0 bridgehead atoms. The predicted molar refractivity (Wildman–Crippen MR) is 168 cm³/mol. The Morgan fingerprint density at radius 3 is 1.90 bits per heavy atom. The van der Waals surface area contributed by atoms with Gasteiger partial charge >= 0.3 is 0 Å². The summed E-state index contributed by atoms with van der Waals surface area (Å²) in [6.45, 7) is 0. The van der Waals surface area contributed by atoms with Crippen LogP contribution in [0.15, 0.2) is 146 Å². The molecule has 2 nitrogen and oxygen atoms in total. The molecule has 0 spiro atoms. The Bertz CT molecular complexity index is 2200. The molecule has 0 aliphatic heterocycles. The normalized spacial score (nSPS) is 11.5. The maximum atomic E-state index is 5.19. The maximum absolute atomic E-state index is 5.19. The Kier molecular flexibility index (Phi) is 5.17. The van der Waals surface area contributed by atoms with Crippen LogP contribution in [-0.4, -0.2) is 9.97 Å². The zero-order valence-electron chi connectivity index (χ0n) is 21.8. The summed E-state index contributed by atoms with van der Waals surface area (Å²) < 4.78 is 0. The zero-order valence-corrected chi connectivity index (χ0v) is 21.8. The van der Waals surface area contributed by atoms with E-state index in [1.54, 1.807) is 0 Å². The molecule has 2 heterocycles. The minimum absolute atomic E-state index is 1.01. The van der Waals surface area contributed by atoms with Crippen LogP contribution < -0.4 is 0 Å². The molecule has 0 aliphatic carbocycles. The van der Waals surface area contributed by atoms with E-state index in [0.717, 1.165) is 27.3 Å². The van der Waals surface area contributed by atoms with Crippen LogP contribution in [0.5, 0.6) is 0 Å². The summed E-state index contributed by atoms with van der Waals surface area (Å²) in [7, 11) is 0. The predicted octanol–water partition coefficient (Wildman–Crippen LogP) is 10.1. The molecule has 6 aromatic carbocycles. The fourth-order valence-corrected chi connectivity index (χ4v) is 5.82. The second kappa shape index (κ2) is 9.14. The van der Waals surface area contributed by atoms with E-state index >= 15 is 0 Å². The van der Waals surface area contributed by atoms with Gasteiger partial charge in [-0.1, -0.05) is 103 Å². The third-order valence-electron chi connectivity index (χ3n) is 7.87. The summed E-state index contributed by atoms with van der Waals surface area (Å²) in [5.41, 5.74) is 10.2. The molecular weight excluding hydrogens is 484 g/mol. The van der Waals surface area contributed by atoms with Gasteiger partial charge in [-0.15, -0.1) is 0 Å². The first-order chi connectivity index (χ1) is 19.8. The van der Waals surface area contributed by atoms with Crippen molar-refractivity contribution in [2.24, 2.45) is 0 Å². The Labute approximate surface area is 232 Å². The van der Waals surface area contributed by atoms with Crippen molar-refractivity contribution in [1.82, 2.24) is 9.97 Å². The van der Waals surface area contributed by atoms with Crippen LogP contribution in [0, 0.1) is 0 Å². The van der Waals surface area contributed by atoms with Crippen molar-refractivity contribution in [3.63, 3.8) is 0 Å². The monoisotopic (exact) mass is 508 g/mol. The van der Waals surface area contributed by atoms with Crippen molar-refractivity contribution in [2.75, 3.05) is 0 Å². The van der Waals surface area contributed by atoms with Crippen LogP contribution in [0.2, 0.25) is 0 Å². The summed E-state index contributed by atoms with van der Waals surface area (Å²) >= 11 is 0. The SMILES string of the molecule is c1ccc(-c2ccc3cc4c(cc(-c5ccc(-c6ccc7ncccc7c6)cc5)c5ccccc54)nc3c2)cc1. The van der Waals surface area contributed by atoms with Crippen LogP contribution in [-0.2, 0) is 0 Å². The molecule has 0 atom stereocenters. The molecule has 0 unspecified atom stereocenters. The minimum Gasteiger partial charge on any atom is -0.256 e. The van der Waals surface area contributed by atoms with Crippen LogP contribution in [0.4, 0.5) is 0 Å². The first-order valence-electron chi connectivity index (χ1n) is 13.6. The smallest absolute Gasteiger partial charge is 0.0722 e. The number of fused-ring (bicyclic) bond motifs is 5. The van der Waals surface area contributed by atoms with E-state index in [0.29, 0.717) is 0 Å². The van der Waals surface area contributed by atoms with Crippen molar-refractivity contribution in [2.45, 2.75) is 0 Å². The molecule has 0 saturated heterocycles. The lowest BCUT2D eigenvalue weighted by Crippen LogP contribution is -1.89. The van der Waals surface area contributed by atoms with E-state index in [1.807, 2.05) is 12.3 Å². The highest BCUT2D eigenvalue weighted by atomic mass is 14.7. The molecule has 40 heavy (non-hydrogen) atoms. The van der Waals surface area contributed by atoms with Gasteiger partial charge in [0.15, 0.2) is 0 Å². The van der Waals surface area contributed by atoms with E-state index in [-0.39, 0.29) is 0 Å². The van der Waals surface area contributed by atoms with Crippen LogP contribution in [0.1, 0.15) is 0 Å². The largest absolute Gasteiger partial charge is 0.256 e. The molecular formula is C38H24N2. The van der Waals surface area contributed by atoms with Gasteiger partial charge in [0.25, 0.3) is 0 Å². The molecule has 0 amide bonds. The first-order valence-corrected chi connectivity index (χ1v) is 13.6. The quantitative estimate of drug-likeness (QED) is 0.175. The highest BCUT2D eigenvalue weighted by molar-refractivity contribution is 6.15. The summed E-state index contributed by atoms with van der Waals surface area (Å²) in [5.74, 6) is 0. The molecule has 186 valence electrons. The second-order valence-corrected chi connectivity index (χ2v) is 10.3. The fraction of sp³-hybridized carbons (Fsp3) is 0. The Hall–Kier alpha value is -5.34. The molecule has 0 saturated carbocycles. The number of nitrogens with zero attached hydrogens (tertiary/aromatic N) is 2. The number of benzene rings is 6. The van der Waals surface area contributed by atoms with Gasteiger partial charge in [0, 0.05) is 22.4 Å². The topological polar surface area (TPSA) is 25.8 Å². The maximum Gasteiger partial charge on any atom is 0.0722 e. The average Bonchev–Trinajstić information content (AvgIpc) is 3.03. The average molecular weight is 509 g/mol. The fourth-order valence-electron chi connectivity index (χ4n) is 5.82. The molecule has 8 aromatic rings. The first kappa shape index (κ1) is 22.6. The number of hydrogen-bond donors (Lipinski definition) is 0. The summed E-state index contributed by atoms with van der Waals surface area (Å²) in [6.07, 6.45) is 1.84. The third kappa shape index (κ3) is 3.81. The number of aromatic nitrogens is 2. The number of pyridine rings is 2. The summed E-state index contributed by atoms with van der Waals surface area (Å²) in [4.78, 5) is 9.65. The van der Waals surface area contributed by atoms with Crippen LogP contribution in [0.3, 0.4) is 0 Å². The lowest BCUT2D eigenvalue weighted by molar-refractivity contribution is 1.41. The molecule has 0 N–H and O–H groups in total. The standard InChI is InChI=1S/C38H24N2/c1-2-7-25(8-3-1)29-16-17-31-22-35-33-11-5-4-10-32(33)34(24-38(35)40-37(31)23-29)27-14-12-26(13-15-27)28-18-19-36-30(21-28)9-6-20-39-36/h1-24H. The van der Waals surface area contributed by atoms with E-state index in [4.69, 9.17) is 4.98 Å². The molecule has 8 rings (SSSR count). The van der Waals surface area contributed by atoms with Gasteiger partial charge < -0.3 is 0 Å². The molecule has 0 radical (unpaired) electrons. The molecule has 2 heteroatoms. The van der Waals surface area contributed by atoms with Gasteiger partial charge in [-0.2, -0.15) is 0 Å². The van der Waals surface area contributed by atoms with Gasteiger partial charge in [0.05, 0.1) is 16.6 Å². The number of rotatable bonds is 3. The van der Waals surface area contributed by atoms with Crippen molar-refractivity contribution < 1.29 is 0 Å². The van der Waals surface area contributed by atoms with Crippen LogP contribution in [0.25, 0.3) is 76.9 Å². The lowest BCUT2D eigenvalue weighted by Gasteiger charge is -2.13. The summed E-state index contributed by atoms with van der Waals surface area (Å²) in [6, 6.07) is 49.7. The van der Waals surface area contributed by atoms with Crippen molar-refractivity contribution in [1.29, 1.82) is 0 Å². The summed E-state index contributed by atoms with van der Waals surface area (Å²) in [5, 5.41) is 5.95.